The third-order valence-corrected chi connectivity index (χ3v) is 4.41. The summed E-state index contributed by atoms with van der Waals surface area (Å²) < 4.78 is 5.00. The Kier molecular flexibility index (Phi) is 7.76. The summed E-state index contributed by atoms with van der Waals surface area (Å²) in [4.78, 5) is 25.8. The molecule has 0 radical (unpaired) electrons. The van der Waals surface area contributed by atoms with Crippen molar-refractivity contribution in [3.05, 3.63) is 24.3 Å². The highest BCUT2D eigenvalue weighted by atomic mass is 16.5. The number of nitrogens with zero attached hydrogens (tertiary/aromatic N) is 1. The van der Waals surface area contributed by atoms with Gasteiger partial charge in [-0.25, -0.2) is 0 Å². The fourth-order valence-corrected chi connectivity index (χ4v) is 2.91. The fraction of sp³-hybridized carbons (Fsp3) is 0.600. The molecular weight excluding hydrogens is 316 g/mol. The molecule has 1 aliphatic heterocycles. The SMILES string of the molecule is CC(C)CCC(=O)OCC(=O)Nc1ccc(N2CCCCCC2)cc1. The lowest BCUT2D eigenvalue weighted by Crippen LogP contribution is -2.24. The first-order valence-electron chi connectivity index (χ1n) is 9.35. The highest BCUT2D eigenvalue weighted by Crippen LogP contribution is 2.21. The van der Waals surface area contributed by atoms with E-state index < -0.39 is 0 Å². The molecular formula is C20H30N2O3. The Bertz CT molecular complexity index is 547. The van der Waals surface area contributed by atoms with Crippen LogP contribution in [0.3, 0.4) is 0 Å². The molecule has 5 nitrogen and oxygen atoms in total. The topological polar surface area (TPSA) is 58.6 Å². The van der Waals surface area contributed by atoms with Crippen molar-refractivity contribution in [2.45, 2.75) is 52.4 Å². The minimum absolute atomic E-state index is 0.231. The van der Waals surface area contributed by atoms with E-state index in [4.69, 9.17) is 4.74 Å². The van der Waals surface area contributed by atoms with E-state index >= 15 is 0 Å². The number of hydrogen-bond donors (Lipinski definition) is 1. The number of hydrogen-bond acceptors (Lipinski definition) is 4. The molecule has 1 fully saturated rings. The predicted molar refractivity (Wildman–Crippen MR) is 101 cm³/mol. The second-order valence-corrected chi connectivity index (χ2v) is 7.09. The Morgan fingerprint density at radius 3 is 2.32 bits per heavy atom. The van der Waals surface area contributed by atoms with Gasteiger partial charge in [0.05, 0.1) is 0 Å². The maximum Gasteiger partial charge on any atom is 0.306 e. The lowest BCUT2D eigenvalue weighted by molar-refractivity contribution is -0.147. The predicted octanol–water partition coefficient (Wildman–Crippen LogP) is 3.98. The monoisotopic (exact) mass is 346 g/mol. The average molecular weight is 346 g/mol. The minimum atomic E-state index is -0.319. The zero-order valence-electron chi connectivity index (χ0n) is 15.4. The summed E-state index contributed by atoms with van der Waals surface area (Å²) in [5.41, 5.74) is 1.92. The molecule has 1 aromatic rings. The van der Waals surface area contributed by atoms with Crippen LogP contribution in [0.1, 0.15) is 52.4 Å². The van der Waals surface area contributed by atoms with Crippen molar-refractivity contribution in [1.82, 2.24) is 0 Å². The van der Waals surface area contributed by atoms with Gasteiger partial charge in [-0.3, -0.25) is 9.59 Å². The van der Waals surface area contributed by atoms with Gasteiger partial charge >= 0.3 is 5.97 Å². The molecule has 1 heterocycles. The summed E-state index contributed by atoms with van der Waals surface area (Å²) in [6, 6.07) is 7.88. The second kappa shape index (κ2) is 10.1. The van der Waals surface area contributed by atoms with Crippen LogP contribution in [0.5, 0.6) is 0 Å². The number of esters is 1. The van der Waals surface area contributed by atoms with E-state index in [-0.39, 0.29) is 18.5 Å². The maximum absolute atomic E-state index is 11.9. The van der Waals surface area contributed by atoms with Gasteiger partial charge in [0, 0.05) is 30.9 Å². The molecule has 1 amide bonds. The van der Waals surface area contributed by atoms with Crippen molar-refractivity contribution in [1.29, 1.82) is 0 Å². The molecule has 1 aromatic carbocycles. The molecule has 1 aliphatic rings. The summed E-state index contributed by atoms with van der Waals surface area (Å²) in [5.74, 6) is -0.176. The smallest absolute Gasteiger partial charge is 0.306 e. The lowest BCUT2D eigenvalue weighted by atomic mass is 10.1. The molecule has 138 valence electrons. The lowest BCUT2D eigenvalue weighted by Gasteiger charge is -2.22. The number of amides is 1. The van der Waals surface area contributed by atoms with Crippen LogP contribution in [0.2, 0.25) is 0 Å². The zero-order valence-corrected chi connectivity index (χ0v) is 15.4. The van der Waals surface area contributed by atoms with E-state index in [1.807, 2.05) is 24.3 Å². The van der Waals surface area contributed by atoms with Crippen molar-refractivity contribution >= 4 is 23.3 Å². The van der Waals surface area contributed by atoms with E-state index in [1.165, 1.54) is 31.4 Å². The Labute approximate surface area is 150 Å². The summed E-state index contributed by atoms with van der Waals surface area (Å²) in [6.45, 7) is 6.06. The van der Waals surface area contributed by atoms with Crippen LogP contribution in [0.25, 0.3) is 0 Å². The molecule has 2 rings (SSSR count). The van der Waals surface area contributed by atoms with Crippen LogP contribution in [0.15, 0.2) is 24.3 Å². The van der Waals surface area contributed by atoms with Crippen molar-refractivity contribution in [2.75, 3.05) is 29.9 Å². The standard InChI is InChI=1S/C20H30N2O3/c1-16(2)7-12-20(24)25-15-19(23)21-17-8-10-18(11-9-17)22-13-5-3-4-6-14-22/h8-11,16H,3-7,12-15H2,1-2H3,(H,21,23). The van der Waals surface area contributed by atoms with Gasteiger partial charge < -0.3 is 15.0 Å². The highest BCUT2D eigenvalue weighted by molar-refractivity contribution is 5.92. The van der Waals surface area contributed by atoms with E-state index in [2.05, 4.69) is 24.1 Å². The molecule has 0 bridgehead atoms. The van der Waals surface area contributed by atoms with Crippen molar-refractivity contribution in [3.8, 4) is 0 Å². The van der Waals surface area contributed by atoms with Gasteiger partial charge in [0.25, 0.3) is 5.91 Å². The third-order valence-electron chi connectivity index (χ3n) is 4.41. The first kappa shape index (κ1) is 19.3. The molecule has 0 spiro atoms. The summed E-state index contributed by atoms with van der Waals surface area (Å²) in [7, 11) is 0. The summed E-state index contributed by atoms with van der Waals surface area (Å²) >= 11 is 0. The van der Waals surface area contributed by atoms with Gasteiger partial charge in [-0.1, -0.05) is 26.7 Å². The summed E-state index contributed by atoms with van der Waals surface area (Å²) in [5, 5.41) is 2.77. The fourth-order valence-electron chi connectivity index (χ4n) is 2.91. The number of benzene rings is 1. The molecule has 1 saturated heterocycles. The molecule has 0 atom stereocenters. The Morgan fingerprint density at radius 1 is 1.08 bits per heavy atom. The Balaban J connectivity index is 1.76. The van der Waals surface area contributed by atoms with Crippen molar-refractivity contribution < 1.29 is 14.3 Å². The third kappa shape index (κ3) is 7.16. The first-order chi connectivity index (χ1) is 12.0. The second-order valence-electron chi connectivity index (χ2n) is 7.09. The van der Waals surface area contributed by atoms with Gasteiger partial charge in [-0.2, -0.15) is 0 Å². The van der Waals surface area contributed by atoms with E-state index in [0.717, 1.165) is 25.2 Å². The van der Waals surface area contributed by atoms with E-state index in [9.17, 15) is 9.59 Å². The number of nitrogens with one attached hydrogen (secondary N) is 1. The number of carbonyl (C=O) groups is 2. The molecule has 1 N–H and O–H groups in total. The van der Waals surface area contributed by atoms with E-state index in [1.54, 1.807) is 0 Å². The first-order valence-corrected chi connectivity index (χ1v) is 9.35. The van der Waals surface area contributed by atoms with Crippen LogP contribution in [-0.4, -0.2) is 31.6 Å². The molecule has 0 aromatic heterocycles. The van der Waals surface area contributed by atoms with Gasteiger partial charge in [0.15, 0.2) is 6.61 Å². The van der Waals surface area contributed by atoms with Gasteiger partial charge in [0.2, 0.25) is 0 Å². The van der Waals surface area contributed by atoms with Crippen LogP contribution >= 0.6 is 0 Å². The molecule has 0 aliphatic carbocycles. The average Bonchev–Trinajstić information content (AvgIpc) is 2.88. The van der Waals surface area contributed by atoms with Gasteiger partial charge in [-0.15, -0.1) is 0 Å². The van der Waals surface area contributed by atoms with Crippen LogP contribution in [-0.2, 0) is 14.3 Å². The summed E-state index contributed by atoms with van der Waals surface area (Å²) in [6.07, 6.45) is 6.22. The van der Waals surface area contributed by atoms with Crippen LogP contribution < -0.4 is 10.2 Å². The molecule has 0 saturated carbocycles. The van der Waals surface area contributed by atoms with Gasteiger partial charge in [-0.05, 0) is 49.4 Å². The van der Waals surface area contributed by atoms with Crippen LogP contribution in [0, 0.1) is 5.92 Å². The van der Waals surface area contributed by atoms with Crippen molar-refractivity contribution in [3.63, 3.8) is 0 Å². The van der Waals surface area contributed by atoms with E-state index in [0.29, 0.717) is 12.3 Å². The zero-order chi connectivity index (χ0) is 18.1. The largest absolute Gasteiger partial charge is 0.456 e. The highest BCUT2D eigenvalue weighted by Gasteiger charge is 2.11. The quantitative estimate of drug-likeness (QED) is 0.759. The van der Waals surface area contributed by atoms with Crippen LogP contribution in [0.4, 0.5) is 11.4 Å². The minimum Gasteiger partial charge on any atom is -0.456 e. The Hall–Kier alpha value is -2.04. The normalized spacial score (nSPS) is 14.9. The maximum atomic E-state index is 11.9. The number of rotatable bonds is 7. The number of anilines is 2. The molecule has 0 unspecified atom stereocenters. The number of ether oxygens (including phenoxy) is 1. The Morgan fingerprint density at radius 2 is 1.72 bits per heavy atom. The molecule has 25 heavy (non-hydrogen) atoms. The van der Waals surface area contributed by atoms with Gasteiger partial charge in [0.1, 0.15) is 0 Å². The van der Waals surface area contributed by atoms with Crippen molar-refractivity contribution in [2.24, 2.45) is 5.92 Å². The molecule has 5 heteroatoms. The number of carbonyl (C=O) groups excluding carboxylic acids is 2.